The van der Waals surface area contributed by atoms with Gasteiger partial charge in [-0.3, -0.25) is 9.59 Å². The van der Waals surface area contributed by atoms with Crippen molar-refractivity contribution in [2.24, 2.45) is 0 Å². The van der Waals surface area contributed by atoms with Gasteiger partial charge in [0.25, 0.3) is 11.7 Å². The van der Waals surface area contributed by atoms with Gasteiger partial charge in [-0.1, -0.05) is 66.7 Å². The number of Topliss-reactive ketones (excluding diaryl/α,β-unsaturated/α-hetero) is 1. The second kappa shape index (κ2) is 12.1. The number of nitrogens with zero attached hydrogens (tertiary/aromatic N) is 1. The SMILES string of the molecule is COc1cc([C@H]2/C(=C(\O)c3ccc4c(c3)C[C@@H](C)O4)C(=O)C(=O)N2CCc2ccccc2)ccc1OCc1ccccc1. The van der Waals surface area contributed by atoms with Crippen molar-refractivity contribution in [1.29, 1.82) is 0 Å². The number of ketones is 1. The maximum atomic E-state index is 13.6. The van der Waals surface area contributed by atoms with Crippen LogP contribution < -0.4 is 14.2 Å². The van der Waals surface area contributed by atoms with Gasteiger partial charge in [-0.2, -0.15) is 0 Å². The minimum atomic E-state index is -0.816. The summed E-state index contributed by atoms with van der Waals surface area (Å²) in [5.41, 5.74) is 4.15. The highest BCUT2D eigenvalue weighted by molar-refractivity contribution is 6.46. The Labute approximate surface area is 250 Å². The van der Waals surface area contributed by atoms with Crippen molar-refractivity contribution in [1.82, 2.24) is 4.90 Å². The molecule has 2 aliphatic heterocycles. The largest absolute Gasteiger partial charge is 0.507 e. The Bertz CT molecular complexity index is 1680. The van der Waals surface area contributed by atoms with Crippen molar-refractivity contribution in [3.05, 3.63) is 130 Å². The smallest absolute Gasteiger partial charge is 0.295 e. The summed E-state index contributed by atoms with van der Waals surface area (Å²) in [6, 6.07) is 29.5. The standard InChI is InChI=1S/C36H33NO6/c1-23-19-28-20-27(14-15-29(28)43-23)34(38)32-33(37(36(40)35(32)39)18-17-24-9-5-3-6-10-24)26-13-16-30(31(21-26)41-2)42-22-25-11-7-4-8-12-25/h3-16,20-21,23,33,38H,17-19,22H2,1-2H3/b34-32+/t23-,33+/m1/s1. The molecule has 2 aliphatic rings. The molecule has 1 fully saturated rings. The van der Waals surface area contributed by atoms with Gasteiger partial charge in [0.2, 0.25) is 0 Å². The maximum absolute atomic E-state index is 13.6. The molecule has 0 unspecified atom stereocenters. The van der Waals surface area contributed by atoms with Crippen LogP contribution in [0.25, 0.3) is 5.76 Å². The van der Waals surface area contributed by atoms with E-state index in [4.69, 9.17) is 14.2 Å². The van der Waals surface area contributed by atoms with Crippen LogP contribution in [0.2, 0.25) is 0 Å². The van der Waals surface area contributed by atoms with Crippen LogP contribution in [0.1, 0.15) is 40.8 Å². The van der Waals surface area contributed by atoms with Crippen LogP contribution in [-0.4, -0.2) is 41.5 Å². The highest BCUT2D eigenvalue weighted by Gasteiger charge is 2.46. The third-order valence-corrected chi connectivity index (χ3v) is 7.93. The maximum Gasteiger partial charge on any atom is 0.295 e. The Morgan fingerprint density at radius 1 is 0.907 bits per heavy atom. The minimum Gasteiger partial charge on any atom is -0.507 e. The fraction of sp³-hybridized carbons (Fsp3) is 0.222. The molecule has 2 atom stereocenters. The monoisotopic (exact) mass is 575 g/mol. The number of methoxy groups -OCH3 is 1. The molecule has 0 saturated carbocycles. The Kier molecular flexibility index (Phi) is 7.88. The lowest BCUT2D eigenvalue weighted by Gasteiger charge is -2.26. The summed E-state index contributed by atoms with van der Waals surface area (Å²) in [6.07, 6.45) is 1.28. The van der Waals surface area contributed by atoms with E-state index in [9.17, 15) is 14.7 Å². The van der Waals surface area contributed by atoms with Crippen LogP contribution in [0.4, 0.5) is 0 Å². The van der Waals surface area contributed by atoms with Gasteiger partial charge in [0.1, 0.15) is 24.2 Å². The Hall–Kier alpha value is -5.04. The summed E-state index contributed by atoms with van der Waals surface area (Å²) in [4.78, 5) is 28.7. The highest BCUT2D eigenvalue weighted by Crippen LogP contribution is 2.43. The molecule has 0 aromatic heterocycles. The lowest BCUT2D eigenvalue weighted by atomic mass is 9.94. The van der Waals surface area contributed by atoms with Crippen LogP contribution in [0.15, 0.2) is 103 Å². The van der Waals surface area contributed by atoms with E-state index in [1.165, 1.54) is 0 Å². The van der Waals surface area contributed by atoms with Crippen LogP contribution >= 0.6 is 0 Å². The summed E-state index contributed by atoms with van der Waals surface area (Å²) >= 11 is 0. The lowest BCUT2D eigenvalue weighted by molar-refractivity contribution is -0.139. The summed E-state index contributed by atoms with van der Waals surface area (Å²) < 4.78 is 17.6. The van der Waals surface area contributed by atoms with Gasteiger partial charge in [0.05, 0.1) is 18.7 Å². The average molecular weight is 576 g/mol. The van der Waals surface area contributed by atoms with Crippen LogP contribution in [-0.2, 0) is 29.0 Å². The molecule has 4 aromatic rings. The number of hydrogen-bond donors (Lipinski definition) is 1. The number of carbonyl (C=O) groups is 2. The quantitative estimate of drug-likeness (QED) is 0.144. The van der Waals surface area contributed by atoms with E-state index in [-0.39, 0.29) is 17.4 Å². The molecule has 7 heteroatoms. The van der Waals surface area contributed by atoms with E-state index >= 15 is 0 Å². The van der Waals surface area contributed by atoms with Gasteiger partial charge in [-0.15, -0.1) is 0 Å². The summed E-state index contributed by atoms with van der Waals surface area (Å²) in [7, 11) is 1.55. The highest BCUT2D eigenvalue weighted by atomic mass is 16.5. The van der Waals surface area contributed by atoms with E-state index < -0.39 is 17.7 Å². The van der Waals surface area contributed by atoms with Crippen molar-refractivity contribution < 1.29 is 28.9 Å². The molecule has 6 rings (SSSR count). The van der Waals surface area contributed by atoms with Gasteiger partial charge >= 0.3 is 0 Å². The fourth-order valence-corrected chi connectivity index (χ4v) is 5.79. The number of amides is 1. The molecule has 4 aromatic carbocycles. The molecule has 0 spiro atoms. The second-order valence-corrected chi connectivity index (χ2v) is 10.9. The molecule has 218 valence electrons. The van der Waals surface area contributed by atoms with Crippen molar-refractivity contribution in [2.45, 2.75) is 38.5 Å². The molecule has 0 radical (unpaired) electrons. The first-order chi connectivity index (χ1) is 20.9. The number of carbonyl (C=O) groups excluding carboxylic acids is 2. The fourth-order valence-electron chi connectivity index (χ4n) is 5.79. The number of likely N-dealkylation sites (tertiary alicyclic amines) is 1. The first kappa shape index (κ1) is 28.1. The number of aliphatic hydroxyl groups excluding tert-OH is 1. The lowest BCUT2D eigenvalue weighted by Crippen LogP contribution is -2.31. The van der Waals surface area contributed by atoms with Crippen molar-refractivity contribution in [3.8, 4) is 17.2 Å². The van der Waals surface area contributed by atoms with E-state index in [2.05, 4.69) is 0 Å². The summed E-state index contributed by atoms with van der Waals surface area (Å²) in [5, 5.41) is 11.6. The molecule has 1 N–H and O–H groups in total. The van der Waals surface area contributed by atoms with Crippen LogP contribution in [0.5, 0.6) is 17.2 Å². The van der Waals surface area contributed by atoms with E-state index in [1.807, 2.05) is 79.7 Å². The van der Waals surface area contributed by atoms with Crippen LogP contribution in [0.3, 0.4) is 0 Å². The summed E-state index contributed by atoms with van der Waals surface area (Å²) in [6.45, 7) is 2.63. The Morgan fingerprint density at radius 2 is 1.63 bits per heavy atom. The van der Waals surface area contributed by atoms with E-state index in [1.54, 1.807) is 36.3 Å². The molecule has 2 heterocycles. The third-order valence-electron chi connectivity index (χ3n) is 7.93. The Balaban J connectivity index is 1.39. The second-order valence-electron chi connectivity index (χ2n) is 10.9. The van der Waals surface area contributed by atoms with Crippen molar-refractivity contribution in [2.75, 3.05) is 13.7 Å². The van der Waals surface area contributed by atoms with Crippen molar-refractivity contribution >= 4 is 17.4 Å². The summed E-state index contributed by atoms with van der Waals surface area (Å²) in [5.74, 6) is 0.180. The number of benzene rings is 4. The topological polar surface area (TPSA) is 85.3 Å². The van der Waals surface area contributed by atoms with Gasteiger partial charge in [-0.25, -0.2) is 0 Å². The molecule has 43 heavy (non-hydrogen) atoms. The van der Waals surface area contributed by atoms with Crippen LogP contribution in [0, 0.1) is 0 Å². The molecular weight excluding hydrogens is 542 g/mol. The van der Waals surface area contributed by atoms with Gasteiger partial charge in [0.15, 0.2) is 11.5 Å². The van der Waals surface area contributed by atoms with E-state index in [0.29, 0.717) is 48.6 Å². The first-order valence-electron chi connectivity index (χ1n) is 14.4. The van der Waals surface area contributed by atoms with Gasteiger partial charge < -0.3 is 24.2 Å². The zero-order valence-electron chi connectivity index (χ0n) is 24.2. The third kappa shape index (κ3) is 5.71. The van der Waals surface area contributed by atoms with E-state index in [0.717, 1.165) is 22.4 Å². The number of fused-ring (bicyclic) bond motifs is 1. The molecule has 7 nitrogen and oxygen atoms in total. The molecular formula is C36H33NO6. The molecule has 0 aliphatic carbocycles. The molecule has 1 amide bonds. The van der Waals surface area contributed by atoms with Crippen molar-refractivity contribution in [3.63, 3.8) is 0 Å². The zero-order chi connectivity index (χ0) is 29.9. The Morgan fingerprint density at radius 3 is 2.35 bits per heavy atom. The van der Waals surface area contributed by atoms with Gasteiger partial charge in [0, 0.05) is 18.5 Å². The molecule has 1 saturated heterocycles. The van der Waals surface area contributed by atoms with Gasteiger partial charge in [-0.05, 0) is 65.9 Å². The zero-order valence-corrected chi connectivity index (χ0v) is 24.2. The predicted molar refractivity (Wildman–Crippen MR) is 163 cm³/mol. The number of rotatable bonds is 9. The minimum absolute atomic E-state index is 0.0334. The molecule has 0 bridgehead atoms. The number of aliphatic hydroxyl groups is 1. The predicted octanol–water partition coefficient (Wildman–Crippen LogP) is 6.26. The normalized spacial score (nSPS) is 18.8. The number of hydrogen-bond acceptors (Lipinski definition) is 6. The number of ether oxygens (including phenoxy) is 3. The average Bonchev–Trinajstić information content (AvgIpc) is 3.54. The first-order valence-corrected chi connectivity index (χ1v) is 14.4.